The van der Waals surface area contributed by atoms with Crippen LogP contribution in [0.2, 0.25) is 0 Å². The van der Waals surface area contributed by atoms with Gasteiger partial charge in [0.05, 0.1) is 12.0 Å². The van der Waals surface area contributed by atoms with Crippen LogP contribution in [0, 0.1) is 6.92 Å². The fourth-order valence-corrected chi connectivity index (χ4v) is 3.81. The summed E-state index contributed by atoms with van der Waals surface area (Å²) >= 11 is 0. The van der Waals surface area contributed by atoms with Crippen molar-refractivity contribution in [3.05, 3.63) is 48.0 Å². The number of ether oxygens (including phenoxy) is 1. The lowest BCUT2D eigenvalue weighted by Crippen LogP contribution is -2.23. The molecule has 0 aliphatic rings. The third kappa shape index (κ3) is 2.96. The first-order valence-corrected chi connectivity index (χ1v) is 9.13. The molecule has 3 aromatic rings. The van der Waals surface area contributed by atoms with E-state index in [-0.39, 0.29) is 4.90 Å². The Balaban J connectivity index is 2.27. The highest BCUT2D eigenvalue weighted by molar-refractivity contribution is 7.89. The number of nitrogens with zero attached hydrogens (tertiary/aromatic N) is 3. The van der Waals surface area contributed by atoms with Gasteiger partial charge in [-0.3, -0.25) is 0 Å². The van der Waals surface area contributed by atoms with Crippen molar-refractivity contribution in [1.29, 1.82) is 0 Å². The van der Waals surface area contributed by atoms with Gasteiger partial charge in [-0.2, -0.15) is 0 Å². The van der Waals surface area contributed by atoms with E-state index in [0.29, 0.717) is 22.7 Å². The van der Waals surface area contributed by atoms with Gasteiger partial charge in [-0.15, -0.1) is 10.2 Å². The van der Waals surface area contributed by atoms with Gasteiger partial charge in [0, 0.05) is 30.4 Å². The number of hydrogen-bond acceptors (Lipinski definition) is 5. The molecule has 0 radical (unpaired) electrons. The van der Waals surface area contributed by atoms with Crippen molar-refractivity contribution < 1.29 is 13.2 Å². The van der Waals surface area contributed by atoms with E-state index in [1.165, 1.54) is 18.4 Å². The molecule has 0 fully saturated rings. The van der Waals surface area contributed by atoms with Crippen LogP contribution in [0.25, 0.3) is 22.0 Å². The molecule has 0 spiro atoms. The molecule has 0 aliphatic carbocycles. The smallest absolute Gasteiger partial charge is 0.242 e. The fourth-order valence-electron chi connectivity index (χ4n) is 2.67. The van der Waals surface area contributed by atoms with Crippen LogP contribution in [0.3, 0.4) is 0 Å². The lowest BCUT2D eigenvalue weighted by atomic mass is 10.0. The molecule has 0 bridgehead atoms. The summed E-state index contributed by atoms with van der Waals surface area (Å²) in [5, 5.41) is 10.1. The van der Waals surface area contributed by atoms with Crippen LogP contribution < -0.4 is 4.74 Å². The number of aromatic nitrogens is 2. The Morgan fingerprint density at radius 3 is 2.32 bits per heavy atom. The topological polar surface area (TPSA) is 72.4 Å². The molecule has 0 amide bonds. The average Bonchev–Trinajstić information content (AvgIpc) is 2.61. The number of methoxy groups -OCH3 is 1. The van der Waals surface area contributed by atoms with E-state index in [1.54, 1.807) is 26.2 Å². The third-order valence-corrected chi connectivity index (χ3v) is 6.02. The van der Waals surface area contributed by atoms with Crippen molar-refractivity contribution >= 4 is 20.8 Å². The molecule has 1 aromatic heterocycles. The normalized spacial score (nSPS) is 11.9. The van der Waals surface area contributed by atoms with Gasteiger partial charge in [0.1, 0.15) is 5.69 Å². The maximum absolute atomic E-state index is 12.6. The van der Waals surface area contributed by atoms with Gasteiger partial charge in [-0.05, 0) is 24.6 Å². The van der Waals surface area contributed by atoms with Gasteiger partial charge in [0.15, 0.2) is 0 Å². The summed E-state index contributed by atoms with van der Waals surface area (Å²) < 4.78 is 31.6. The minimum atomic E-state index is -3.54. The minimum Gasteiger partial charge on any atom is -0.479 e. The molecule has 0 unspecified atom stereocenters. The molecule has 0 saturated carbocycles. The van der Waals surface area contributed by atoms with E-state index >= 15 is 0 Å². The fraction of sp³-hybridized carbons (Fsp3) is 0.222. The Morgan fingerprint density at radius 1 is 1.00 bits per heavy atom. The zero-order valence-electron chi connectivity index (χ0n) is 14.5. The van der Waals surface area contributed by atoms with E-state index in [0.717, 1.165) is 10.8 Å². The van der Waals surface area contributed by atoms with Gasteiger partial charge in [-0.25, -0.2) is 12.7 Å². The highest BCUT2D eigenvalue weighted by atomic mass is 32.2. The molecule has 3 rings (SSSR count). The van der Waals surface area contributed by atoms with Crippen molar-refractivity contribution in [3.63, 3.8) is 0 Å². The molecule has 0 atom stereocenters. The first kappa shape index (κ1) is 17.3. The van der Waals surface area contributed by atoms with E-state index < -0.39 is 10.0 Å². The summed E-state index contributed by atoms with van der Waals surface area (Å²) in [6.45, 7) is 1.78. The van der Waals surface area contributed by atoms with Crippen molar-refractivity contribution in [1.82, 2.24) is 14.5 Å². The van der Waals surface area contributed by atoms with Crippen molar-refractivity contribution in [2.75, 3.05) is 21.2 Å². The molecule has 1 heterocycles. The maximum atomic E-state index is 12.6. The molecular weight excluding hydrogens is 338 g/mol. The number of sulfonamides is 1. The summed E-state index contributed by atoms with van der Waals surface area (Å²) in [5.74, 6) is 0.438. The van der Waals surface area contributed by atoms with E-state index in [9.17, 15) is 8.42 Å². The monoisotopic (exact) mass is 357 g/mol. The van der Waals surface area contributed by atoms with Crippen LogP contribution >= 0.6 is 0 Å². The van der Waals surface area contributed by atoms with Crippen LogP contribution in [-0.4, -0.2) is 44.1 Å². The molecule has 25 heavy (non-hydrogen) atoms. The molecule has 0 saturated heterocycles. The second-order valence-corrected chi connectivity index (χ2v) is 7.99. The summed E-state index contributed by atoms with van der Waals surface area (Å²) in [7, 11) is 1.04. The Hall–Kier alpha value is -2.51. The molecule has 6 nitrogen and oxygen atoms in total. The quantitative estimate of drug-likeness (QED) is 0.718. The van der Waals surface area contributed by atoms with Crippen molar-refractivity contribution in [2.45, 2.75) is 11.8 Å². The zero-order valence-corrected chi connectivity index (χ0v) is 15.3. The van der Waals surface area contributed by atoms with Gasteiger partial charge in [-0.1, -0.05) is 30.3 Å². The van der Waals surface area contributed by atoms with E-state index in [4.69, 9.17) is 4.74 Å². The van der Waals surface area contributed by atoms with Crippen LogP contribution in [0.15, 0.2) is 47.4 Å². The van der Waals surface area contributed by atoms with Gasteiger partial charge in [0.25, 0.3) is 0 Å². The molecule has 0 N–H and O–H groups in total. The lowest BCUT2D eigenvalue weighted by molar-refractivity contribution is 0.398. The Morgan fingerprint density at radius 2 is 1.68 bits per heavy atom. The highest BCUT2D eigenvalue weighted by Crippen LogP contribution is 2.32. The second-order valence-electron chi connectivity index (χ2n) is 5.87. The molecular formula is C18H19N3O3S. The molecule has 7 heteroatoms. The molecule has 2 aromatic carbocycles. The predicted molar refractivity (Wildman–Crippen MR) is 97.1 cm³/mol. The molecule has 0 aliphatic heterocycles. The Bertz CT molecular complexity index is 1050. The highest BCUT2D eigenvalue weighted by Gasteiger charge is 2.21. The lowest BCUT2D eigenvalue weighted by Gasteiger charge is -2.15. The van der Waals surface area contributed by atoms with Crippen LogP contribution in [0.5, 0.6) is 5.88 Å². The third-order valence-electron chi connectivity index (χ3n) is 4.07. The summed E-state index contributed by atoms with van der Waals surface area (Å²) in [5.41, 5.74) is 1.99. The number of hydrogen-bond donors (Lipinski definition) is 0. The summed E-state index contributed by atoms with van der Waals surface area (Å²) in [6.07, 6.45) is 0. The van der Waals surface area contributed by atoms with Crippen LogP contribution in [0.4, 0.5) is 0 Å². The number of aryl methyl sites for hydroxylation is 1. The maximum Gasteiger partial charge on any atom is 0.242 e. The predicted octanol–water partition coefficient (Wildman–Crippen LogP) is 2.86. The van der Waals surface area contributed by atoms with E-state index in [2.05, 4.69) is 10.2 Å². The zero-order chi connectivity index (χ0) is 18.2. The van der Waals surface area contributed by atoms with Gasteiger partial charge < -0.3 is 4.74 Å². The SMILES string of the molecule is COc1nnc(-c2ccc(C)c(S(=O)(=O)N(C)C)c2)c2ccccc12. The first-order chi connectivity index (χ1) is 11.9. The number of fused-ring (bicyclic) bond motifs is 1. The van der Waals surface area contributed by atoms with Crippen molar-refractivity contribution in [3.8, 4) is 17.1 Å². The van der Waals surface area contributed by atoms with Crippen LogP contribution in [-0.2, 0) is 10.0 Å². The van der Waals surface area contributed by atoms with E-state index in [1.807, 2.05) is 30.3 Å². The number of benzene rings is 2. The van der Waals surface area contributed by atoms with Gasteiger partial charge >= 0.3 is 0 Å². The largest absolute Gasteiger partial charge is 0.479 e. The Labute approximate surface area is 147 Å². The number of rotatable bonds is 4. The first-order valence-electron chi connectivity index (χ1n) is 7.69. The standard InChI is InChI=1S/C18H19N3O3S/c1-12-9-10-13(11-16(12)25(22,23)21(2)3)17-14-7-5-6-8-15(14)18(24-4)20-19-17/h5-11H,1-4H3. The van der Waals surface area contributed by atoms with Crippen LogP contribution in [0.1, 0.15) is 5.56 Å². The van der Waals surface area contributed by atoms with Gasteiger partial charge in [0.2, 0.25) is 15.9 Å². The summed E-state index contributed by atoms with van der Waals surface area (Å²) in [4.78, 5) is 0.261. The average molecular weight is 357 g/mol. The Kier molecular flexibility index (Phi) is 4.45. The second kappa shape index (κ2) is 6.42. The van der Waals surface area contributed by atoms with Crippen molar-refractivity contribution in [2.24, 2.45) is 0 Å². The summed E-state index contributed by atoms with van der Waals surface area (Å²) in [6, 6.07) is 12.9. The minimum absolute atomic E-state index is 0.261. The molecule has 130 valence electrons.